The van der Waals surface area contributed by atoms with E-state index in [9.17, 15) is 4.79 Å². The number of hydrogen-bond acceptors (Lipinski definition) is 3. The first kappa shape index (κ1) is 15.5. The highest BCUT2D eigenvalue weighted by molar-refractivity contribution is 7.12. The van der Waals surface area contributed by atoms with Crippen molar-refractivity contribution >= 4 is 17.2 Å². The third-order valence-electron chi connectivity index (χ3n) is 3.76. The van der Waals surface area contributed by atoms with E-state index in [-0.39, 0.29) is 5.91 Å². The maximum absolute atomic E-state index is 12.2. The zero-order valence-corrected chi connectivity index (χ0v) is 13.8. The second-order valence-corrected chi connectivity index (χ2v) is 6.30. The molecule has 3 aromatic rings. The first-order valence-electron chi connectivity index (χ1n) is 7.60. The lowest BCUT2D eigenvalue weighted by Crippen LogP contribution is -2.24. The molecule has 0 aliphatic carbocycles. The van der Waals surface area contributed by atoms with Gasteiger partial charge in [0.05, 0.1) is 11.4 Å². The van der Waals surface area contributed by atoms with Crippen LogP contribution in [0.2, 0.25) is 0 Å². The number of carbonyl (C=O) groups excluding carboxylic acids is 1. The van der Waals surface area contributed by atoms with Crippen LogP contribution in [-0.2, 0) is 19.5 Å². The summed E-state index contributed by atoms with van der Waals surface area (Å²) < 4.78 is 2.09. The minimum atomic E-state index is -0.0323. The first-order chi connectivity index (χ1) is 11.2. The van der Waals surface area contributed by atoms with Crippen LogP contribution in [0.4, 0.5) is 0 Å². The molecule has 0 fully saturated rings. The lowest BCUT2D eigenvalue weighted by atomic mass is 10.1. The van der Waals surface area contributed by atoms with Crippen molar-refractivity contribution in [2.24, 2.45) is 0 Å². The number of imidazole rings is 1. The number of aromatic nitrogens is 2. The summed E-state index contributed by atoms with van der Waals surface area (Å²) in [5.41, 5.74) is 2.31. The Morgan fingerprint density at radius 1 is 1.26 bits per heavy atom. The summed E-state index contributed by atoms with van der Waals surface area (Å²) in [7, 11) is 0. The van der Waals surface area contributed by atoms with Crippen molar-refractivity contribution in [3.05, 3.63) is 76.0 Å². The molecule has 1 amide bonds. The third kappa shape index (κ3) is 3.87. The Balaban J connectivity index is 1.58. The predicted octanol–water partition coefficient (Wildman–Crippen LogP) is 3.43. The lowest BCUT2D eigenvalue weighted by Gasteiger charge is -2.09. The Hall–Kier alpha value is -2.40. The van der Waals surface area contributed by atoms with E-state index in [1.54, 1.807) is 6.20 Å². The topological polar surface area (TPSA) is 46.9 Å². The van der Waals surface area contributed by atoms with E-state index in [2.05, 4.69) is 27.0 Å². The Bertz CT molecular complexity index is 776. The van der Waals surface area contributed by atoms with Crippen molar-refractivity contribution in [2.75, 3.05) is 0 Å². The van der Waals surface area contributed by atoms with Crippen LogP contribution in [0.5, 0.6) is 0 Å². The Morgan fingerprint density at radius 3 is 2.83 bits per heavy atom. The molecule has 0 saturated heterocycles. The quantitative estimate of drug-likeness (QED) is 0.755. The van der Waals surface area contributed by atoms with Crippen LogP contribution in [0.25, 0.3) is 0 Å². The van der Waals surface area contributed by atoms with Gasteiger partial charge in [-0.1, -0.05) is 30.3 Å². The van der Waals surface area contributed by atoms with Crippen molar-refractivity contribution in [2.45, 2.75) is 26.4 Å². The van der Waals surface area contributed by atoms with E-state index in [4.69, 9.17) is 0 Å². The summed E-state index contributed by atoms with van der Waals surface area (Å²) in [5, 5.41) is 4.89. The molecule has 5 heteroatoms. The average molecular weight is 325 g/mol. The van der Waals surface area contributed by atoms with Gasteiger partial charge >= 0.3 is 0 Å². The largest absolute Gasteiger partial charge is 0.344 e. The lowest BCUT2D eigenvalue weighted by molar-refractivity contribution is 0.0953. The molecular weight excluding hydrogens is 306 g/mol. The van der Waals surface area contributed by atoms with Gasteiger partial charge in [0.1, 0.15) is 5.82 Å². The molecule has 0 aliphatic rings. The fourth-order valence-corrected chi connectivity index (χ4v) is 3.29. The Labute approximate surface area is 139 Å². The fourth-order valence-electron chi connectivity index (χ4n) is 2.45. The van der Waals surface area contributed by atoms with Gasteiger partial charge in [-0.3, -0.25) is 4.79 Å². The number of nitrogens with one attached hydrogen (secondary N) is 1. The molecule has 0 saturated carbocycles. The Morgan fingerprint density at radius 2 is 2.09 bits per heavy atom. The SMILES string of the molecule is Cc1ccsc1C(=O)NCc1nccn1CCc1ccccc1. The van der Waals surface area contributed by atoms with Crippen LogP contribution in [0, 0.1) is 6.92 Å². The van der Waals surface area contributed by atoms with Crippen molar-refractivity contribution < 1.29 is 4.79 Å². The number of thiophene rings is 1. The molecule has 2 aromatic heterocycles. The van der Waals surface area contributed by atoms with Crippen molar-refractivity contribution in [1.29, 1.82) is 0 Å². The van der Waals surface area contributed by atoms with Crippen LogP contribution in [0.15, 0.2) is 54.2 Å². The van der Waals surface area contributed by atoms with Crippen molar-refractivity contribution in [3.8, 4) is 0 Å². The molecule has 0 unspecified atom stereocenters. The number of amides is 1. The molecule has 0 atom stereocenters. The molecule has 0 radical (unpaired) electrons. The van der Waals surface area contributed by atoms with Gasteiger partial charge in [0.2, 0.25) is 0 Å². The van der Waals surface area contributed by atoms with Gasteiger partial charge in [0.15, 0.2) is 0 Å². The average Bonchev–Trinajstić information content (AvgIpc) is 3.20. The van der Waals surface area contributed by atoms with Crippen LogP contribution in [0.1, 0.15) is 26.6 Å². The number of rotatable bonds is 6. The molecule has 0 bridgehead atoms. The van der Waals surface area contributed by atoms with Crippen molar-refractivity contribution in [3.63, 3.8) is 0 Å². The number of carbonyl (C=O) groups is 1. The predicted molar refractivity (Wildman–Crippen MR) is 92.6 cm³/mol. The monoisotopic (exact) mass is 325 g/mol. The molecule has 2 heterocycles. The molecule has 1 aromatic carbocycles. The van der Waals surface area contributed by atoms with Crippen LogP contribution < -0.4 is 5.32 Å². The number of hydrogen-bond donors (Lipinski definition) is 1. The summed E-state index contributed by atoms with van der Waals surface area (Å²) in [6.45, 7) is 3.25. The van der Waals surface area contributed by atoms with Gasteiger partial charge in [-0.2, -0.15) is 0 Å². The van der Waals surface area contributed by atoms with E-state index >= 15 is 0 Å². The first-order valence-corrected chi connectivity index (χ1v) is 8.48. The Kier molecular flexibility index (Phi) is 4.88. The highest BCUT2D eigenvalue weighted by atomic mass is 32.1. The molecule has 3 rings (SSSR count). The van der Waals surface area contributed by atoms with Crippen molar-refractivity contribution in [1.82, 2.24) is 14.9 Å². The molecule has 23 heavy (non-hydrogen) atoms. The van der Waals surface area contributed by atoms with Gasteiger partial charge in [-0.15, -0.1) is 11.3 Å². The molecular formula is C18H19N3OS. The van der Waals surface area contributed by atoms with E-state index < -0.39 is 0 Å². The normalized spacial score (nSPS) is 10.7. The summed E-state index contributed by atoms with van der Waals surface area (Å²) in [6.07, 6.45) is 4.69. The number of aryl methyl sites for hydroxylation is 3. The van der Waals surface area contributed by atoms with Gasteiger partial charge < -0.3 is 9.88 Å². The third-order valence-corrected chi connectivity index (χ3v) is 4.78. The zero-order valence-electron chi connectivity index (χ0n) is 13.0. The fraction of sp³-hybridized carbons (Fsp3) is 0.222. The molecule has 118 valence electrons. The second kappa shape index (κ2) is 7.24. The van der Waals surface area contributed by atoms with Gasteiger partial charge in [0.25, 0.3) is 5.91 Å². The maximum atomic E-state index is 12.2. The van der Waals surface area contributed by atoms with Gasteiger partial charge in [-0.25, -0.2) is 4.98 Å². The van der Waals surface area contributed by atoms with E-state index in [1.165, 1.54) is 16.9 Å². The number of nitrogens with zero attached hydrogens (tertiary/aromatic N) is 2. The minimum absolute atomic E-state index is 0.0323. The second-order valence-electron chi connectivity index (χ2n) is 5.39. The summed E-state index contributed by atoms with van der Waals surface area (Å²) in [4.78, 5) is 17.3. The van der Waals surface area contributed by atoms with Crippen LogP contribution >= 0.6 is 11.3 Å². The minimum Gasteiger partial charge on any atom is -0.344 e. The van der Waals surface area contributed by atoms with Gasteiger partial charge in [-0.05, 0) is 35.9 Å². The van der Waals surface area contributed by atoms with Gasteiger partial charge in [0, 0.05) is 18.9 Å². The van der Waals surface area contributed by atoms with Crippen LogP contribution in [-0.4, -0.2) is 15.5 Å². The smallest absolute Gasteiger partial charge is 0.261 e. The molecule has 0 aliphatic heterocycles. The highest BCUT2D eigenvalue weighted by Crippen LogP contribution is 2.15. The summed E-state index contributed by atoms with van der Waals surface area (Å²) in [6, 6.07) is 12.3. The summed E-state index contributed by atoms with van der Waals surface area (Å²) in [5.74, 6) is 0.846. The standard InChI is InChI=1S/C18H19N3OS/c1-14-8-12-23-17(14)18(22)20-13-16-19-9-11-21(16)10-7-15-5-3-2-4-6-15/h2-6,8-9,11-12H,7,10,13H2,1H3,(H,20,22). The highest BCUT2D eigenvalue weighted by Gasteiger charge is 2.11. The van der Waals surface area contributed by atoms with Crippen LogP contribution in [0.3, 0.4) is 0 Å². The molecule has 1 N–H and O–H groups in total. The maximum Gasteiger partial charge on any atom is 0.261 e. The zero-order chi connectivity index (χ0) is 16.1. The molecule has 0 spiro atoms. The summed E-state index contributed by atoms with van der Waals surface area (Å²) >= 11 is 1.47. The number of benzene rings is 1. The molecule has 4 nitrogen and oxygen atoms in total. The van der Waals surface area contributed by atoms with E-state index in [1.807, 2.05) is 42.8 Å². The van der Waals surface area contributed by atoms with E-state index in [0.29, 0.717) is 6.54 Å². The van der Waals surface area contributed by atoms with E-state index in [0.717, 1.165) is 29.2 Å².